The van der Waals surface area contributed by atoms with Gasteiger partial charge in [0.25, 0.3) is 5.91 Å². The second-order valence-electron chi connectivity index (χ2n) is 7.28. The number of fused-ring (bicyclic) bond motifs is 1. The highest BCUT2D eigenvalue weighted by Gasteiger charge is 2.42. The minimum atomic E-state index is -0.571. The number of hydrogen-bond acceptors (Lipinski definition) is 5. The number of aryl methyl sites for hydroxylation is 1. The van der Waals surface area contributed by atoms with E-state index in [0.29, 0.717) is 49.4 Å². The molecule has 0 aliphatic carbocycles. The average Bonchev–Trinajstić information content (AvgIpc) is 2.83. The van der Waals surface area contributed by atoms with Crippen molar-refractivity contribution in [1.29, 1.82) is 0 Å². The number of nitrogens with zero attached hydrogens (tertiary/aromatic N) is 2. The van der Waals surface area contributed by atoms with Crippen LogP contribution in [-0.2, 0) is 0 Å². The molecule has 140 valence electrons. The second-order valence-corrected chi connectivity index (χ2v) is 7.28. The van der Waals surface area contributed by atoms with Crippen LogP contribution in [0.25, 0.3) is 0 Å². The van der Waals surface area contributed by atoms with Gasteiger partial charge in [0.15, 0.2) is 5.78 Å². The fourth-order valence-corrected chi connectivity index (χ4v) is 3.94. The van der Waals surface area contributed by atoms with E-state index in [1.54, 1.807) is 24.0 Å². The normalized spacial score (nSPS) is 22.1. The summed E-state index contributed by atoms with van der Waals surface area (Å²) in [6.07, 6.45) is 2.33. The quantitative estimate of drug-likeness (QED) is 0.833. The third-order valence-electron chi connectivity index (χ3n) is 5.28. The van der Waals surface area contributed by atoms with Gasteiger partial charge in [-0.3, -0.25) is 9.59 Å². The summed E-state index contributed by atoms with van der Waals surface area (Å²) in [6.45, 7) is 2.73. The summed E-state index contributed by atoms with van der Waals surface area (Å²) < 4.78 is 6.25. The number of hydrogen-bond donors (Lipinski definition) is 1. The van der Waals surface area contributed by atoms with Crippen LogP contribution in [-0.4, -0.2) is 45.2 Å². The van der Waals surface area contributed by atoms with Crippen LogP contribution in [0.4, 0.5) is 0 Å². The molecule has 2 aliphatic heterocycles. The molecule has 1 spiro atoms. The van der Waals surface area contributed by atoms with E-state index in [4.69, 9.17) is 4.74 Å². The Morgan fingerprint density at radius 1 is 1.22 bits per heavy atom. The van der Waals surface area contributed by atoms with Gasteiger partial charge in [-0.15, -0.1) is 0 Å². The van der Waals surface area contributed by atoms with Crippen molar-refractivity contribution in [2.75, 3.05) is 13.1 Å². The number of H-pyrrole nitrogens is 1. The maximum atomic E-state index is 12.8. The molecule has 7 heteroatoms. The van der Waals surface area contributed by atoms with E-state index in [1.807, 2.05) is 18.2 Å². The van der Waals surface area contributed by atoms with Gasteiger partial charge in [-0.25, -0.2) is 4.79 Å². The third-order valence-corrected chi connectivity index (χ3v) is 5.28. The Balaban J connectivity index is 1.54. The maximum Gasteiger partial charge on any atom is 0.345 e. The maximum absolute atomic E-state index is 12.8. The summed E-state index contributed by atoms with van der Waals surface area (Å²) in [4.78, 5) is 45.0. The van der Waals surface area contributed by atoms with Crippen molar-refractivity contribution in [1.82, 2.24) is 14.9 Å². The molecule has 0 saturated carbocycles. The molecule has 3 heterocycles. The predicted molar refractivity (Wildman–Crippen MR) is 98.1 cm³/mol. The van der Waals surface area contributed by atoms with Gasteiger partial charge in [0.1, 0.15) is 17.0 Å². The number of ketones is 1. The molecule has 7 nitrogen and oxygen atoms in total. The molecule has 1 unspecified atom stereocenters. The molecule has 1 fully saturated rings. The molecule has 1 amide bonds. The van der Waals surface area contributed by atoms with Gasteiger partial charge in [0, 0.05) is 25.2 Å². The molecular weight excluding hydrogens is 346 g/mol. The lowest BCUT2D eigenvalue weighted by molar-refractivity contribution is 0.0300. The smallest absolute Gasteiger partial charge is 0.345 e. The van der Waals surface area contributed by atoms with E-state index < -0.39 is 11.3 Å². The van der Waals surface area contributed by atoms with E-state index in [2.05, 4.69) is 9.97 Å². The molecular formula is C20H21N3O4. The highest BCUT2D eigenvalue weighted by Crippen LogP contribution is 2.39. The molecule has 1 saturated heterocycles. The Hall–Kier alpha value is -2.96. The zero-order valence-electron chi connectivity index (χ0n) is 15.2. The summed E-state index contributed by atoms with van der Waals surface area (Å²) in [7, 11) is 0. The first-order valence-corrected chi connectivity index (χ1v) is 9.14. The zero-order valence-corrected chi connectivity index (χ0v) is 15.2. The van der Waals surface area contributed by atoms with Crippen molar-refractivity contribution >= 4 is 11.7 Å². The summed E-state index contributed by atoms with van der Waals surface area (Å²) in [6, 6.07) is 8.89. The lowest BCUT2D eigenvalue weighted by Crippen LogP contribution is -2.43. The molecule has 2 aromatic rings. The molecule has 1 N–H and O–H groups in total. The van der Waals surface area contributed by atoms with Crippen LogP contribution in [0, 0.1) is 6.92 Å². The molecule has 1 aromatic heterocycles. The van der Waals surface area contributed by atoms with Crippen molar-refractivity contribution < 1.29 is 14.3 Å². The number of ether oxygens (including phenoxy) is 1. The number of para-hydroxylation sites is 1. The number of nitrogens with one attached hydrogen (secondary N) is 1. The van der Waals surface area contributed by atoms with E-state index >= 15 is 0 Å². The summed E-state index contributed by atoms with van der Waals surface area (Å²) in [5.74, 6) is 0.452. The number of aromatic amines is 1. The molecule has 4 rings (SSSR count). The van der Waals surface area contributed by atoms with Crippen LogP contribution in [0.15, 0.2) is 35.1 Å². The summed E-state index contributed by atoms with van der Waals surface area (Å²) >= 11 is 0. The van der Waals surface area contributed by atoms with Crippen LogP contribution in [0.1, 0.15) is 52.2 Å². The number of likely N-dealkylation sites (tertiary alicyclic amines) is 1. The van der Waals surface area contributed by atoms with Gasteiger partial charge in [0.05, 0.1) is 12.0 Å². The summed E-state index contributed by atoms with van der Waals surface area (Å²) in [5, 5.41) is 0. The average molecular weight is 367 g/mol. The minimum Gasteiger partial charge on any atom is -0.486 e. The fourth-order valence-electron chi connectivity index (χ4n) is 3.94. The Bertz CT molecular complexity index is 968. The SMILES string of the molecule is Cc1cc(C(=O)N2CCCC3(CC2)CC(=O)c2ccccc2O3)nc(=O)[nH]1. The lowest BCUT2D eigenvalue weighted by Gasteiger charge is -2.37. The number of benzene rings is 1. The minimum absolute atomic E-state index is 0.0866. The van der Waals surface area contributed by atoms with Crippen molar-refractivity contribution in [3.05, 3.63) is 57.8 Å². The van der Waals surface area contributed by atoms with Crippen molar-refractivity contribution in [2.45, 2.75) is 38.2 Å². The Morgan fingerprint density at radius 2 is 2.04 bits per heavy atom. The molecule has 0 radical (unpaired) electrons. The molecule has 27 heavy (non-hydrogen) atoms. The van der Waals surface area contributed by atoms with E-state index in [-0.39, 0.29) is 17.4 Å². The Kier molecular flexibility index (Phi) is 4.30. The highest BCUT2D eigenvalue weighted by molar-refractivity contribution is 6.00. The van der Waals surface area contributed by atoms with Gasteiger partial charge in [-0.05, 0) is 38.0 Å². The molecule has 0 bridgehead atoms. The lowest BCUT2D eigenvalue weighted by atomic mass is 9.84. The van der Waals surface area contributed by atoms with Gasteiger partial charge in [-0.2, -0.15) is 4.98 Å². The van der Waals surface area contributed by atoms with E-state index in [9.17, 15) is 14.4 Å². The number of carbonyl (C=O) groups is 2. The molecule has 1 atom stereocenters. The standard InChI is InChI=1S/C20H21N3O4/c1-13-11-15(22-19(26)21-13)18(25)23-9-4-7-20(8-10-23)12-16(24)14-5-2-3-6-17(14)27-20/h2-3,5-6,11H,4,7-10,12H2,1H3,(H,21,22,26). The topological polar surface area (TPSA) is 92.4 Å². The van der Waals surface area contributed by atoms with Crippen LogP contribution in [0.3, 0.4) is 0 Å². The predicted octanol–water partition coefficient (Wildman–Crippen LogP) is 2.11. The summed E-state index contributed by atoms with van der Waals surface area (Å²) in [5.41, 5.74) is 0.282. The number of Topliss-reactive ketones (excluding diaryl/α,β-unsaturated/α-hetero) is 1. The highest BCUT2D eigenvalue weighted by atomic mass is 16.5. The number of rotatable bonds is 1. The first-order valence-electron chi connectivity index (χ1n) is 9.14. The number of amides is 1. The van der Waals surface area contributed by atoms with Crippen LogP contribution in [0.5, 0.6) is 5.75 Å². The Morgan fingerprint density at radius 3 is 2.85 bits per heavy atom. The molecule has 1 aromatic carbocycles. The first-order chi connectivity index (χ1) is 13.0. The van der Waals surface area contributed by atoms with Crippen molar-refractivity contribution in [3.63, 3.8) is 0 Å². The Labute approximate surface area is 156 Å². The van der Waals surface area contributed by atoms with E-state index in [1.165, 1.54) is 0 Å². The van der Waals surface area contributed by atoms with Crippen molar-refractivity contribution in [2.24, 2.45) is 0 Å². The second kappa shape index (κ2) is 6.64. The zero-order chi connectivity index (χ0) is 19.0. The van der Waals surface area contributed by atoms with Gasteiger partial charge >= 0.3 is 5.69 Å². The first kappa shape index (κ1) is 17.5. The van der Waals surface area contributed by atoms with Crippen LogP contribution >= 0.6 is 0 Å². The largest absolute Gasteiger partial charge is 0.486 e. The van der Waals surface area contributed by atoms with Gasteiger partial charge in [-0.1, -0.05) is 12.1 Å². The third kappa shape index (κ3) is 3.37. The van der Waals surface area contributed by atoms with Gasteiger partial charge in [0.2, 0.25) is 0 Å². The van der Waals surface area contributed by atoms with Crippen LogP contribution in [0.2, 0.25) is 0 Å². The molecule has 2 aliphatic rings. The van der Waals surface area contributed by atoms with E-state index in [0.717, 1.165) is 6.42 Å². The van der Waals surface area contributed by atoms with Gasteiger partial charge < -0.3 is 14.6 Å². The number of carbonyl (C=O) groups excluding carboxylic acids is 2. The fraction of sp³-hybridized carbons (Fsp3) is 0.400. The number of aromatic nitrogens is 2. The van der Waals surface area contributed by atoms with Crippen LogP contribution < -0.4 is 10.4 Å². The monoisotopic (exact) mass is 367 g/mol. The van der Waals surface area contributed by atoms with Crippen molar-refractivity contribution in [3.8, 4) is 5.75 Å².